The number of aryl methyl sites for hydroxylation is 2. The van der Waals surface area contributed by atoms with Gasteiger partial charge in [-0.1, -0.05) is 97.1 Å². The van der Waals surface area contributed by atoms with Crippen LogP contribution < -0.4 is 5.32 Å². The molecule has 1 fully saturated rings. The first kappa shape index (κ1) is 27.0. The van der Waals surface area contributed by atoms with Gasteiger partial charge >= 0.3 is 0 Å². The molecule has 0 spiro atoms. The molecule has 1 atom stereocenters. The van der Waals surface area contributed by atoms with Crippen LogP contribution in [0.4, 0.5) is 0 Å². The molecule has 0 saturated heterocycles. The second-order valence-corrected chi connectivity index (χ2v) is 11.2. The summed E-state index contributed by atoms with van der Waals surface area (Å²) < 4.78 is 0. The zero-order valence-electron chi connectivity index (χ0n) is 22.0. The lowest BCUT2D eigenvalue weighted by Gasteiger charge is -2.33. The van der Waals surface area contributed by atoms with Crippen molar-refractivity contribution in [3.05, 3.63) is 101 Å². The Kier molecular flexibility index (Phi) is 9.84. The molecule has 0 aliphatic heterocycles. The van der Waals surface area contributed by atoms with Crippen molar-refractivity contribution in [1.82, 2.24) is 10.2 Å². The summed E-state index contributed by atoms with van der Waals surface area (Å²) in [6, 6.07) is 26.1. The number of nitrogens with zero attached hydrogens (tertiary/aromatic N) is 1. The van der Waals surface area contributed by atoms with Gasteiger partial charge in [0.1, 0.15) is 6.04 Å². The van der Waals surface area contributed by atoms with Crippen LogP contribution in [0.1, 0.15) is 54.4 Å². The number of hydrogen-bond acceptors (Lipinski definition) is 3. The summed E-state index contributed by atoms with van der Waals surface area (Å²) >= 11 is 1.53. The van der Waals surface area contributed by atoms with Gasteiger partial charge in [0.15, 0.2) is 0 Å². The number of carbonyl (C=O) groups is 2. The zero-order chi connectivity index (χ0) is 26.0. The molecule has 4 rings (SSSR count). The van der Waals surface area contributed by atoms with Crippen LogP contribution in [-0.2, 0) is 22.6 Å². The summed E-state index contributed by atoms with van der Waals surface area (Å²) in [7, 11) is 0. The maximum absolute atomic E-state index is 13.8. The molecule has 1 N–H and O–H groups in total. The highest BCUT2D eigenvalue weighted by atomic mass is 32.2. The van der Waals surface area contributed by atoms with Crippen LogP contribution in [-0.4, -0.2) is 34.6 Å². The molecule has 0 unspecified atom stereocenters. The van der Waals surface area contributed by atoms with Crippen molar-refractivity contribution in [2.24, 2.45) is 0 Å². The van der Waals surface area contributed by atoms with E-state index in [1.54, 1.807) is 4.90 Å². The second-order valence-electron chi connectivity index (χ2n) is 10.2. The minimum atomic E-state index is -0.572. The lowest BCUT2D eigenvalue weighted by atomic mass is 9.94. The number of amides is 2. The molecule has 1 aliphatic rings. The Balaban J connectivity index is 1.59. The summed E-state index contributed by atoms with van der Waals surface area (Å²) in [5.41, 5.74) is 4.45. The molecule has 0 aromatic heterocycles. The predicted octanol–water partition coefficient (Wildman–Crippen LogP) is 6.48. The Morgan fingerprint density at radius 1 is 0.838 bits per heavy atom. The number of carbonyl (C=O) groups excluding carboxylic acids is 2. The Morgan fingerprint density at radius 3 is 2.11 bits per heavy atom. The Hall–Kier alpha value is -3.05. The van der Waals surface area contributed by atoms with Crippen LogP contribution in [0.2, 0.25) is 0 Å². The molecule has 3 aromatic carbocycles. The summed E-state index contributed by atoms with van der Waals surface area (Å²) in [6.07, 6.45) is 6.04. The van der Waals surface area contributed by atoms with E-state index in [-0.39, 0.29) is 23.6 Å². The highest BCUT2D eigenvalue weighted by molar-refractivity contribution is 8.00. The molecule has 5 heteroatoms. The van der Waals surface area contributed by atoms with Crippen molar-refractivity contribution >= 4 is 23.6 Å². The van der Waals surface area contributed by atoms with E-state index in [4.69, 9.17) is 0 Å². The number of hydrogen-bond donors (Lipinski definition) is 1. The van der Waals surface area contributed by atoms with E-state index in [0.29, 0.717) is 13.0 Å². The van der Waals surface area contributed by atoms with Gasteiger partial charge in [-0.2, -0.15) is 0 Å². The molecule has 37 heavy (non-hydrogen) atoms. The molecular weight excluding hydrogens is 476 g/mol. The summed E-state index contributed by atoms with van der Waals surface area (Å²) in [5.74, 6) is 0.221. The minimum absolute atomic E-state index is 0.0223. The van der Waals surface area contributed by atoms with Gasteiger partial charge in [-0.25, -0.2) is 0 Å². The van der Waals surface area contributed by atoms with Crippen molar-refractivity contribution in [1.29, 1.82) is 0 Å². The first-order valence-corrected chi connectivity index (χ1v) is 14.4. The molecule has 3 aromatic rings. The fourth-order valence-electron chi connectivity index (χ4n) is 4.85. The van der Waals surface area contributed by atoms with Gasteiger partial charge in [0, 0.05) is 23.9 Å². The third-order valence-corrected chi connectivity index (χ3v) is 8.08. The van der Waals surface area contributed by atoms with Gasteiger partial charge < -0.3 is 10.2 Å². The summed E-state index contributed by atoms with van der Waals surface area (Å²) in [5, 5.41) is 3.31. The van der Waals surface area contributed by atoms with E-state index < -0.39 is 6.04 Å². The number of benzene rings is 3. The minimum Gasteiger partial charge on any atom is -0.352 e. The molecule has 0 heterocycles. The van der Waals surface area contributed by atoms with E-state index in [1.807, 2.05) is 30.3 Å². The lowest BCUT2D eigenvalue weighted by molar-refractivity contribution is -0.139. The second kappa shape index (κ2) is 13.5. The van der Waals surface area contributed by atoms with Gasteiger partial charge in [0.05, 0.1) is 5.75 Å². The first-order chi connectivity index (χ1) is 18.0. The van der Waals surface area contributed by atoms with Gasteiger partial charge in [0.25, 0.3) is 0 Å². The van der Waals surface area contributed by atoms with Crippen LogP contribution in [0.15, 0.2) is 83.8 Å². The molecule has 4 nitrogen and oxygen atoms in total. The maximum atomic E-state index is 13.8. The third kappa shape index (κ3) is 8.22. The van der Waals surface area contributed by atoms with Gasteiger partial charge in [0.2, 0.25) is 11.8 Å². The quantitative estimate of drug-likeness (QED) is 0.315. The molecule has 0 bridgehead atoms. The monoisotopic (exact) mass is 514 g/mol. The van der Waals surface area contributed by atoms with Crippen LogP contribution in [0.25, 0.3) is 0 Å². The zero-order valence-corrected chi connectivity index (χ0v) is 22.8. The van der Waals surface area contributed by atoms with Crippen LogP contribution in [0.3, 0.4) is 0 Å². The fraction of sp³-hybridized carbons (Fsp3) is 0.375. The third-order valence-electron chi connectivity index (χ3n) is 7.08. The summed E-state index contributed by atoms with van der Waals surface area (Å²) in [6.45, 7) is 4.52. The van der Waals surface area contributed by atoms with Gasteiger partial charge in [-0.15, -0.1) is 11.8 Å². The average Bonchev–Trinajstić information content (AvgIpc) is 2.92. The molecule has 2 amide bonds. The van der Waals surface area contributed by atoms with Crippen molar-refractivity contribution in [3.8, 4) is 0 Å². The number of thioether (sulfide) groups is 1. The number of rotatable bonds is 10. The lowest BCUT2D eigenvalue weighted by Crippen LogP contribution is -2.53. The largest absolute Gasteiger partial charge is 0.352 e. The summed E-state index contributed by atoms with van der Waals surface area (Å²) in [4.78, 5) is 30.5. The number of nitrogens with one attached hydrogen (secondary N) is 1. The van der Waals surface area contributed by atoms with Crippen molar-refractivity contribution < 1.29 is 9.59 Å². The van der Waals surface area contributed by atoms with E-state index in [9.17, 15) is 9.59 Å². The highest BCUT2D eigenvalue weighted by Crippen LogP contribution is 2.23. The highest BCUT2D eigenvalue weighted by Gasteiger charge is 2.31. The normalized spacial score (nSPS) is 14.6. The molecule has 1 aliphatic carbocycles. The van der Waals surface area contributed by atoms with E-state index in [2.05, 4.69) is 67.7 Å². The Bertz CT molecular complexity index is 1140. The van der Waals surface area contributed by atoms with E-state index in [1.165, 1.54) is 29.3 Å². The van der Waals surface area contributed by atoms with Crippen molar-refractivity contribution in [3.63, 3.8) is 0 Å². The average molecular weight is 515 g/mol. The van der Waals surface area contributed by atoms with Crippen LogP contribution in [0.5, 0.6) is 0 Å². The van der Waals surface area contributed by atoms with E-state index >= 15 is 0 Å². The smallest absolute Gasteiger partial charge is 0.243 e. The maximum Gasteiger partial charge on any atom is 0.243 e. The topological polar surface area (TPSA) is 49.4 Å². The first-order valence-electron chi connectivity index (χ1n) is 13.4. The Labute approximate surface area is 225 Å². The van der Waals surface area contributed by atoms with Crippen LogP contribution in [0, 0.1) is 13.8 Å². The Morgan fingerprint density at radius 2 is 1.46 bits per heavy atom. The standard InChI is InChI=1S/C32H38N2O2S/c1-24-13-17-27(18-14-24)22-34(31(35)23-37-29-19-15-25(2)16-20-29)30(21-26-9-5-3-6-10-26)32(36)33-28-11-7-4-8-12-28/h3,5-6,9-10,13-20,28,30H,4,7-8,11-12,21-23H2,1-2H3,(H,33,36)/t30-/m1/s1. The molecule has 194 valence electrons. The van der Waals surface area contributed by atoms with Gasteiger partial charge in [-0.3, -0.25) is 9.59 Å². The SMILES string of the molecule is Cc1ccc(CN(C(=O)CSc2ccc(C)cc2)[C@H](Cc2ccccc2)C(=O)NC2CCCCC2)cc1. The fourth-order valence-corrected chi connectivity index (χ4v) is 5.64. The van der Waals surface area contributed by atoms with E-state index in [0.717, 1.165) is 41.7 Å². The van der Waals surface area contributed by atoms with Gasteiger partial charge in [-0.05, 0) is 49.9 Å². The van der Waals surface area contributed by atoms with Crippen LogP contribution >= 0.6 is 11.8 Å². The predicted molar refractivity (Wildman–Crippen MR) is 153 cm³/mol. The van der Waals surface area contributed by atoms with Crippen molar-refractivity contribution in [2.45, 2.75) is 75.9 Å². The van der Waals surface area contributed by atoms with Crippen molar-refractivity contribution in [2.75, 3.05) is 5.75 Å². The molecule has 0 radical (unpaired) electrons. The molecular formula is C32H38N2O2S. The molecule has 1 saturated carbocycles.